The molecule has 1 aliphatic rings. The quantitative estimate of drug-likeness (QED) is 0.733. The number of likely N-dealkylation sites (tertiary alicyclic amines) is 1. The summed E-state index contributed by atoms with van der Waals surface area (Å²) in [6.45, 7) is 4.82. The third-order valence-corrected chi connectivity index (χ3v) is 4.26. The van der Waals surface area contributed by atoms with Crippen molar-refractivity contribution in [2.24, 2.45) is 0 Å². The standard InChI is InChI=1S/C10H18N2O3S/c1-3-6-11-10(13)12-7-4-5-9(8-12)16(2,14)15/h3,9H,1,4-8H2,2H3,(H,11,13)/t9-/m0/s1. The van der Waals surface area contributed by atoms with Gasteiger partial charge in [-0.3, -0.25) is 0 Å². The van der Waals surface area contributed by atoms with Crippen molar-refractivity contribution in [1.82, 2.24) is 10.2 Å². The van der Waals surface area contributed by atoms with Crippen molar-refractivity contribution in [1.29, 1.82) is 0 Å². The Morgan fingerprint density at radius 2 is 2.31 bits per heavy atom. The van der Waals surface area contributed by atoms with E-state index in [1.54, 1.807) is 11.0 Å². The number of piperidine rings is 1. The zero-order chi connectivity index (χ0) is 12.2. The van der Waals surface area contributed by atoms with E-state index in [0.717, 1.165) is 6.42 Å². The van der Waals surface area contributed by atoms with Crippen LogP contribution >= 0.6 is 0 Å². The first-order valence-electron chi connectivity index (χ1n) is 5.27. The lowest BCUT2D eigenvalue weighted by molar-refractivity contribution is 0.188. The zero-order valence-electron chi connectivity index (χ0n) is 9.48. The Labute approximate surface area is 96.4 Å². The molecule has 1 atom stereocenters. The van der Waals surface area contributed by atoms with Crippen molar-refractivity contribution >= 4 is 15.9 Å². The maximum atomic E-state index is 11.6. The van der Waals surface area contributed by atoms with Gasteiger partial charge in [0.05, 0.1) is 5.25 Å². The van der Waals surface area contributed by atoms with Gasteiger partial charge in [0.1, 0.15) is 0 Å². The molecule has 16 heavy (non-hydrogen) atoms. The fourth-order valence-electron chi connectivity index (χ4n) is 1.74. The average Bonchev–Trinajstić information content (AvgIpc) is 2.25. The Bertz CT molecular complexity index is 364. The minimum atomic E-state index is -3.05. The molecule has 1 N–H and O–H groups in total. The normalized spacial score (nSPS) is 21.6. The van der Waals surface area contributed by atoms with E-state index in [-0.39, 0.29) is 6.03 Å². The Hall–Kier alpha value is -1.04. The molecule has 1 heterocycles. The molecular weight excluding hydrogens is 228 g/mol. The van der Waals surface area contributed by atoms with E-state index in [9.17, 15) is 13.2 Å². The lowest BCUT2D eigenvalue weighted by Gasteiger charge is -2.31. The smallest absolute Gasteiger partial charge is 0.317 e. The van der Waals surface area contributed by atoms with Gasteiger partial charge in [0.15, 0.2) is 9.84 Å². The number of hydrogen-bond donors (Lipinski definition) is 1. The fourth-order valence-corrected chi connectivity index (χ4v) is 2.79. The second-order valence-corrected chi connectivity index (χ2v) is 6.34. The molecule has 0 spiro atoms. The summed E-state index contributed by atoms with van der Waals surface area (Å²) < 4.78 is 22.8. The molecule has 1 rings (SSSR count). The summed E-state index contributed by atoms with van der Waals surface area (Å²) >= 11 is 0. The number of amides is 2. The minimum Gasteiger partial charge on any atom is -0.335 e. The second-order valence-electron chi connectivity index (χ2n) is 4.01. The van der Waals surface area contributed by atoms with Crippen LogP contribution in [0.25, 0.3) is 0 Å². The third-order valence-electron chi connectivity index (χ3n) is 2.67. The summed E-state index contributed by atoms with van der Waals surface area (Å²) in [4.78, 5) is 13.2. The number of urea groups is 1. The van der Waals surface area contributed by atoms with Crippen LogP contribution in [-0.2, 0) is 9.84 Å². The Morgan fingerprint density at radius 3 is 2.88 bits per heavy atom. The molecule has 92 valence electrons. The van der Waals surface area contributed by atoms with Gasteiger partial charge in [0.2, 0.25) is 0 Å². The van der Waals surface area contributed by atoms with Crippen LogP contribution in [0.4, 0.5) is 4.79 Å². The zero-order valence-corrected chi connectivity index (χ0v) is 10.3. The second kappa shape index (κ2) is 5.34. The monoisotopic (exact) mass is 246 g/mol. The molecule has 0 aromatic heterocycles. The molecule has 0 aliphatic carbocycles. The summed E-state index contributed by atoms with van der Waals surface area (Å²) in [7, 11) is -3.05. The van der Waals surface area contributed by atoms with Gasteiger partial charge in [-0.25, -0.2) is 13.2 Å². The van der Waals surface area contributed by atoms with Crippen LogP contribution in [0.3, 0.4) is 0 Å². The first kappa shape index (κ1) is 13.0. The van der Waals surface area contributed by atoms with Gasteiger partial charge in [-0.15, -0.1) is 6.58 Å². The first-order chi connectivity index (χ1) is 7.45. The molecule has 5 nitrogen and oxygen atoms in total. The van der Waals surface area contributed by atoms with Crippen LogP contribution in [0, 0.1) is 0 Å². The largest absolute Gasteiger partial charge is 0.335 e. The Morgan fingerprint density at radius 1 is 1.62 bits per heavy atom. The highest BCUT2D eigenvalue weighted by atomic mass is 32.2. The number of sulfone groups is 1. The van der Waals surface area contributed by atoms with Crippen molar-refractivity contribution in [3.63, 3.8) is 0 Å². The van der Waals surface area contributed by atoms with Crippen LogP contribution in [0.1, 0.15) is 12.8 Å². The molecule has 1 saturated heterocycles. The number of carbonyl (C=O) groups excluding carboxylic acids is 1. The highest BCUT2D eigenvalue weighted by Gasteiger charge is 2.29. The van der Waals surface area contributed by atoms with E-state index in [4.69, 9.17) is 0 Å². The van der Waals surface area contributed by atoms with Crippen LogP contribution in [0.2, 0.25) is 0 Å². The molecule has 2 amide bonds. The SMILES string of the molecule is C=CCNC(=O)N1CCC[C@H](S(C)(=O)=O)C1. The van der Waals surface area contributed by atoms with Gasteiger partial charge in [-0.2, -0.15) is 0 Å². The Kier molecular flexibility index (Phi) is 4.35. The fraction of sp³-hybridized carbons (Fsp3) is 0.700. The summed E-state index contributed by atoms with van der Waals surface area (Å²) in [5, 5.41) is 2.23. The molecule has 0 bridgehead atoms. The molecule has 6 heteroatoms. The van der Waals surface area contributed by atoms with E-state index in [0.29, 0.717) is 26.1 Å². The third kappa shape index (κ3) is 3.52. The molecule has 1 aliphatic heterocycles. The average molecular weight is 246 g/mol. The van der Waals surface area contributed by atoms with Gasteiger partial charge in [-0.1, -0.05) is 6.08 Å². The number of hydrogen-bond acceptors (Lipinski definition) is 3. The lowest BCUT2D eigenvalue weighted by atomic mass is 10.1. The number of carbonyl (C=O) groups is 1. The number of nitrogens with zero attached hydrogens (tertiary/aromatic N) is 1. The van der Waals surface area contributed by atoms with Gasteiger partial charge < -0.3 is 10.2 Å². The first-order valence-corrected chi connectivity index (χ1v) is 7.23. The van der Waals surface area contributed by atoms with Crippen LogP contribution < -0.4 is 5.32 Å². The van der Waals surface area contributed by atoms with Crippen molar-refractivity contribution in [2.45, 2.75) is 18.1 Å². The lowest BCUT2D eigenvalue weighted by Crippen LogP contribution is -2.48. The van der Waals surface area contributed by atoms with Crippen molar-refractivity contribution in [3.8, 4) is 0 Å². The van der Waals surface area contributed by atoms with E-state index >= 15 is 0 Å². The number of rotatable bonds is 3. The molecule has 0 unspecified atom stereocenters. The maximum Gasteiger partial charge on any atom is 0.317 e. The van der Waals surface area contributed by atoms with E-state index < -0.39 is 15.1 Å². The summed E-state index contributed by atoms with van der Waals surface area (Å²) in [6, 6.07) is -0.215. The molecule has 0 aromatic carbocycles. The molecular formula is C10H18N2O3S. The van der Waals surface area contributed by atoms with E-state index in [1.165, 1.54) is 6.26 Å². The topological polar surface area (TPSA) is 66.5 Å². The summed E-state index contributed by atoms with van der Waals surface area (Å²) in [5.74, 6) is 0. The van der Waals surface area contributed by atoms with Crippen LogP contribution in [0.15, 0.2) is 12.7 Å². The van der Waals surface area contributed by atoms with Crippen LogP contribution in [-0.4, -0.2) is 50.5 Å². The maximum absolute atomic E-state index is 11.6. The van der Waals surface area contributed by atoms with E-state index in [2.05, 4.69) is 11.9 Å². The molecule has 0 saturated carbocycles. The predicted molar refractivity (Wildman–Crippen MR) is 63.0 cm³/mol. The predicted octanol–water partition coefficient (Wildman–Crippen LogP) is 0.391. The summed E-state index contributed by atoms with van der Waals surface area (Å²) in [6.07, 6.45) is 4.20. The van der Waals surface area contributed by atoms with Gasteiger partial charge in [-0.05, 0) is 12.8 Å². The van der Waals surface area contributed by atoms with Gasteiger partial charge in [0.25, 0.3) is 0 Å². The highest BCUT2D eigenvalue weighted by Crippen LogP contribution is 2.16. The van der Waals surface area contributed by atoms with E-state index in [1.807, 2.05) is 0 Å². The van der Waals surface area contributed by atoms with Crippen molar-refractivity contribution in [2.75, 3.05) is 25.9 Å². The highest BCUT2D eigenvalue weighted by molar-refractivity contribution is 7.91. The molecule has 0 radical (unpaired) electrons. The minimum absolute atomic E-state index is 0.215. The van der Waals surface area contributed by atoms with Crippen LogP contribution in [0.5, 0.6) is 0 Å². The van der Waals surface area contributed by atoms with Crippen molar-refractivity contribution < 1.29 is 13.2 Å². The van der Waals surface area contributed by atoms with Gasteiger partial charge in [0, 0.05) is 25.9 Å². The molecule has 0 aromatic rings. The van der Waals surface area contributed by atoms with Gasteiger partial charge >= 0.3 is 6.03 Å². The molecule has 1 fully saturated rings. The van der Waals surface area contributed by atoms with Crippen molar-refractivity contribution in [3.05, 3.63) is 12.7 Å². The Balaban J connectivity index is 2.57. The number of nitrogens with one attached hydrogen (secondary N) is 1. The summed E-state index contributed by atoms with van der Waals surface area (Å²) in [5.41, 5.74) is 0.